The van der Waals surface area contributed by atoms with Crippen LogP contribution in [-0.2, 0) is 6.54 Å². The summed E-state index contributed by atoms with van der Waals surface area (Å²) in [7, 11) is 1.65. The van der Waals surface area contributed by atoms with Gasteiger partial charge in [0.1, 0.15) is 0 Å². The Morgan fingerprint density at radius 1 is 1.29 bits per heavy atom. The van der Waals surface area contributed by atoms with Crippen molar-refractivity contribution in [3.8, 4) is 5.88 Å². The van der Waals surface area contributed by atoms with Crippen molar-refractivity contribution in [2.75, 3.05) is 7.11 Å². The van der Waals surface area contributed by atoms with Crippen LogP contribution in [0, 0.1) is 11.8 Å². The summed E-state index contributed by atoms with van der Waals surface area (Å²) in [6.45, 7) is 0.939. The number of hydrogen-bond acceptors (Lipinski definition) is 3. The van der Waals surface area contributed by atoms with Gasteiger partial charge in [0.15, 0.2) is 0 Å². The molecule has 1 N–H and O–H groups in total. The van der Waals surface area contributed by atoms with E-state index in [2.05, 4.69) is 16.4 Å². The van der Waals surface area contributed by atoms with E-state index < -0.39 is 0 Å². The van der Waals surface area contributed by atoms with Crippen molar-refractivity contribution in [1.29, 1.82) is 0 Å². The minimum absolute atomic E-state index is 0.690. The first-order valence-corrected chi connectivity index (χ1v) is 6.59. The van der Waals surface area contributed by atoms with Gasteiger partial charge >= 0.3 is 0 Å². The molecular formula is C14H20N2O. The third-order valence-corrected chi connectivity index (χ3v) is 3.81. The van der Waals surface area contributed by atoms with Gasteiger partial charge < -0.3 is 10.1 Å². The molecule has 0 saturated heterocycles. The second-order valence-electron chi connectivity index (χ2n) is 5.29. The van der Waals surface area contributed by atoms with Crippen molar-refractivity contribution in [2.24, 2.45) is 11.8 Å². The van der Waals surface area contributed by atoms with Crippen LogP contribution in [0.2, 0.25) is 0 Å². The lowest BCUT2D eigenvalue weighted by atomic mass is 10.1. The molecule has 0 spiro atoms. The molecule has 0 aliphatic heterocycles. The van der Waals surface area contributed by atoms with Gasteiger partial charge in [0.25, 0.3) is 0 Å². The molecule has 3 nitrogen and oxygen atoms in total. The van der Waals surface area contributed by atoms with E-state index in [1.165, 1.54) is 31.2 Å². The van der Waals surface area contributed by atoms with Crippen molar-refractivity contribution in [3.63, 3.8) is 0 Å². The van der Waals surface area contributed by atoms with Gasteiger partial charge in [-0.05, 0) is 43.1 Å². The molecule has 17 heavy (non-hydrogen) atoms. The van der Waals surface area contributed by atoms with Crippen LogP contribution in [0.5, 0.6) is 5.88 Å². The van der Waals surface area contributed by atoms with E-state index in [0.717, 1.165) is 24.4 Å². The molecule has 1 heterocycles. The van der Waals surface area contributed by atoms with Gasteiger partial charge in [0.05, 0.1) is 7.11 Å². The Bertz CT molecular complexity index is 356. The Morgan fingerprint density at radius 3 is 2.47 bits per heavy atom. The second-order valence-corrected chi connectivity index (χ2v) is 5.29. The van der Waals surface area contributed by atoms with Crippen LogP contribution in [-0.4, -0.2) is 18.1 Å². The molecule has 2 aliphatic carbocycles. The van der Waals surface area contributed by atoms with E-state index in [9.17, 15) is 0 Å². The average Bonchev–Trinajstić information content (AvgIpc) is 3.24. The van der Waals surface area contributed by atoms with Gasteiger partial charge in [-0.15, -0.1) is 0 Å². The van der Waals surface area contributed by atoms with Crippen molar-refractivity contribution < 1.29 is 4.74 Å². The molecule has 3 heteroatoms. The zero-order valence-corrected chi connectivity index (χ0v) is 10.4. The lowest BCUT2D eigenvalue weighted by molar-refractivity contribution is 0.396. The first-order valence-electron chi connectivity index (χ1n) is 6.59. The fraction of sp³-hybridized carbons (Fsp3) is 0.643. The van der Waals surface area contributed by atoms with Gasteiger partial charge in [-0.1, -0.05) is 6.07 Å². The van der Waals surface area contributed by atoms with Gasteiger partial charge in [0.2, 0.25) is 5.88 Å². The lowest BCUT2D eigenvalue weighted by Crippen LogP contribution is -2.32. The summed E-state index contributed by atoms with van der Waals surface area (Å²) in [4.78, 5) is 4.23. The average molecular weight is 232 g/mol. The summed E-state index contributed by atoms with van der Waals surface area (Å²) in [6, 6.07) is 4.78. The second kappa shape index (κ2) is 4.65. The molecule has 2 saturated carbocycles. The summed E-state index contributed by atoms with van der Waals surface area (Å²) >= 11 is 0. The molecule has 0 bridgehead atoms. The first kappa shape index (κ1) is 11.0. The Hall–Kier alpha value is -1.09. The molecule has 0 atom stereocenters. The monoisotopic (exact) mass is 232 g/mol. The number of rotatable bonds is 6. The van der Waals surface area contributed by atoms with Crippen molar-refractivity contribution >= 4 is 0 Å². The highest BCUT2D eigenvalue weighted by molar-refractivity contribution is 5.17. The molecule has 0 radical (unpaired) electrons. The smallest absolute Gasteiger partial charge is 0.212 e. The van der Waals surface area contributed by atoms with E-state index in [-0.39, 0.29) is 0 Å². The van der Waals surface area contributed by atoms with Crippen LogP contribution in [0.15, 0.2) is 18.3 Å². The van der Waals surface area contributed by atoms with Crippen LogP contribution in [0.4, 0.5) is 0 Å². The Balaban J connectivity index is 1.54. The number of hydrogen-bond donors (Lipinski definition) is 1. The van der Waals surface area contributed by atoms with Crippen LogP contribution < -0.4 is 10.1 Å². The van der Waals surface area contributed by atoms with Crippen molar-refractivity contribution in [2.45, 2.75) is 38.3 Å². The third-order valence-electron chi connectivity index (χ3n) is 3.81. The zero-order valence-electron chi connectivity index (χ0n) is 10.4. The molecule has 2 fully saturated rings. The largest absolute Gasteiger partial charge is 0.481 e. The van der Waals surface area contributed by atoms with E-state index in [1.54, 1.807) is 7.11 Å². The Labute approximate surface area is 103 Å². The fourth-order valence-electron chi connectivity index (χ4n) is 2.50. The summed E-state index contributed by atoms with van der Waals surface area (Å²) in [6.07, 6.45) is 7.61. The molecule has 2 aliphatic rings. The van der Waals surface area contributed by atoms with Crippen LogP contribution in [0.3, 0.4) is 0 Å². The molecule has 0 aromatic carbocycles. The van der Waals surface area contributed by atoms with Crippen LogP contribution >= 0.6 is 0 Å². The van der Waals surface area contributed by atoms with Gasteiger partial charge in [-0.3, -0.25) is 0 Å². The van der Waals surface area contributed by atoms with E-state index in [1.807, 2.05) is 12.3 Å². The minimum atomic E-state index is 0.690. The highest BCUT2D eigenvalue weighted by Crippen LogP contribution is 2.44. The van der Waals surface area contributed by atoms with Crippen LogP contribution in [0.1, 0.15) is 31.2 Å². The van der Waals surface area contributed by atoms with E-state index >= 15 is 0 Å². The van der Waals surface area contributed by atoms with Crippen molar-refractivity contribution in [3.05, 3.63) is 23.9 Å². The molecular weight excluding hydrogens is 212 g/mol. The summed E-state index contributed by atoms with van der Waals surface area (Å²) in [5, 5.41) is 3.72. The minimum Gasteiger partial charge on any atom is -0.481 e. The molecule has 1 aromatic rings. The zero-order chi connectivity index (χ0) is 11.7. The fourth-order valence-corrected chi connectivity index (χ4v) is 2.50. The summed E-state index contributed by atoms with van der Waals surface area (Å²) in [5.74, 6) is 2.59. The van der Waals surface area contributed by atoms with Gasteiger partial charge in [-0.2, -0.15) is 0 Å². The van der Waals surface area contributed by atoms with Crippen molar-refractivity contribution in [1.82, 2.24) is 10.3 Å². The van der Waals surface area contributed by atoms with Gasteiger partial charge in [0, 0.05) is 24.8 Å². The standard InChI is InChI=1S/C14H20N2O/c1-17-13-7-2-10(8-15-13)9-16-14(11-3-4-11)12-5-6-12/h2,7-8,11-12,14,16H,3-6,9H2,1H3. The topological polar surface area (TPSA) is 34.1 Å². The highest BCUT2D eigenvalue weighted by Gasteiger charge is 2.40. The maximum Gasteiger partial charge on any atom is 0.212 e. The number of ether oxygens (including phenoxy) is 1. The summed E-state index contributed by atoms with van der Waals surface area (Å²) < 4.78 is 5.06. The van der Waals surface area contributed by atoms with Gasteiger partial charge in [-0.25, -0.2) is 4.98 Å². The molecule has 1 aromatic heterocycles. The molecule has 92 valence electrons. The highest BCUT2D eigenvalue weighted by atomic mass is 16.5. The molecule has 0 amide bonds. The summed E-state index contributed by atoms with van der Waals surface area (Å²) in [5.41, 5.74) is 1.25. The third kappa shape index (κ3) is 2.78. The number of nitrogens with one attached hydrogen (secondary N) is 1. The quantitative estimate of drug-likeness (QED) is 0.817. The maximum absolute atomic E-state index is 5.06. The lowest BCUT2D eigenvalue weighted by Gasteiger charge is -2.17. The number of pyridine rings is 1. The van der Waals surface area contributed by atoms with Crippen LogP contribution in [0.25, 0.3) is 0 Å². The number of aromatic nitrogens is 1. The Kier molecular flexibility index (Phi) is 3.02. The van der Waals surface area contributed by atoms with E-state index in [0.29, 0.717) is 5.88 Å². The SMILES string of the molecule is COc1ccc(CNC(C2CC2)C2CC2)cn1. The number of methoxy groups -OCH3 is 1. The Morgan fingerprint density at radius 2 is 2.00 bits per heavy atom. The molecule has 3 rings (SSSR count). The maximum atomic E-state index is 5.06. The normalized spacial score (nSPS) is 19.6. The predicted octanol–water partition coefficient (Wildman–Crippen LogP) is 2.37. The van der Waals surface area contributed by atoms with E-state index in [4.69, 9.17) is 4.74 Å². The first-order chi connectivity index (χ1) is 8.36. The predicted molar refractivity (Wildman–Crippen MR) is 66.9 cm³/mol. The number of nitrogens with zero attached hydrogens (tertiary/aromatic N) is 1. The molecule has 0 unspecified atom stereocenters.